The SMILES string of the molecule is [K+].[NaH].[O]=[Nb](=[O])[O-]. The molecule has 0 N–H and O–H groups in total. The van der Waals surface area contributed by atoms with Crippen molar-refractivity contribution in [2.45, 2.75) is 0 Å². The summed E-state index contributed by atoms with van der Waals surface area (Å²) in [5.74, 6) is 0. The van der Waals surface area contributed by atoms with E-state index in [0.29, 0.717) is 0 Å². The molecule has 0 aliphatic carbocycles. The Morgan fingerprint density at radius 3 is 1.33 bits per heavy atom. The van der Waals surface area contributed by atoms with Crippen molar-refractivity contribution >= 4 is 29.6 Å². The Hall–Kier alpha value is 2.94. The summed E-state index contributed by atoms with van der Waals surface area (Å²) in [7, 11) is 0. The van der Waals surface area contributed by atoms with Crippen molar-refractivity contribution < 1.29 is 80.3 Å². The Balaban J connectivity index is -0.0000000450. The number of rotatable bonds is 0. The van der Waals surface area contributed by atoms with Crippen LogP contribution in [0.4, 0.5) is 0 Å². The first-order valence-electron chi connectivity index (χ1n) is 0.548. The summed E-state index contributed by atoms with van der Waals surface area (Å²) in [6.45, 7) is 0. The van der Waals surface area contributed by atoms with Gasteiger partial charge in [0.05, 0.1) is 0 Å². The second kappa shape index (κ2) is 10.8. The monoisotopic (exact) mass is 204 g/mol. The molecule has 0 rings (SSSR count). The molecule has 0 spiro atoms. The maximum absolute atomic E-state index is 8.60. The van der Waals surface area contributed by atoms with Crippen LogP contribution in [0.5, 0.6) is 0 Å². The third kappa shape index (κ3) is 28.3. The molecule has 0 atom stereocenters. The van der Waals surface area contributed by atoms with Gasteiger partial charge in [0.2, 0.25) is 0 Å². The molecule has 0 aromatic carbocycles. The zero-order valence-electron chi connectivity index (χ0n) is 2.67. The van der Waals surface area contributed by atoms with Crippen molar-refractivity contribution in [2.75, 3.05) is 0 Å². The van der Waals surface area contributed by atoms with Crippen molar-refractivity contribution in [3.63, 3.8) is 0 Å². The molecular weight excluding hydrogens is 203 g/mol. The average molecular weight is 204 g/mol. The van der Waals surface area contributed by atoms with E-state index in [1.807, 2.05) is 0 Å². The van der Waals surface area contributed by atoms with Gasteiger partial charge in [-0.15, -0.1) is 0 Å². The number of hydrogen-bond donors (Lipinski definition) is 0. The van der Waals surface area contributed by atoms with E-state index in [0.717, 1.165) is 0 Å². The van der Waals surface area contributed by atoms with Crippen molar-refractivity contribution in [1.29, 1.82) is 0 Å². The van der Waals surface area contributed by atoms with Gasteiger partial charge in [0.15, 0.2) is 0 Å². The summed E-state index contributed by atoms with van der Waals surface area (Å²) in [4.78, 5) is 0. The second-order valence-electron chi connectivity index (χ2n) is 0.224. The van der Waals surface area contributed by atoms with Crippen molar-refractivity contribution in [3.05, 3.63) is 0 Å². The van der Waals surface area contributed by atoms with Crippen LogP contribution in [0.2, 0.25) is 0 Å². The second-order valence-corrected chi connectivity index (χ2v) is 1.32. The van der Waals surface area contributed by atoms with Crippen LogP contribution in [-0.4, -0.2) is 29.6 Å². The van der Waals surface area contributed by atoms with Gasteiger partial charge in [-0.1, -0.05) is 0 Å². The average Bonchev–Trinajstić information content (AvgIpc) is 0.811. The van der Waals surface area contributed by atoms with Gasteiger partial charge in [-0.05, 0) is 0 Å². The van der Waals surface area contributed by atoms with Gasteiger partial charge in [0.1, 0.15) is 0 Å². The van der Waals surface area contributed by atoms with Gasteiger partial charge in [-0.2, -0.15) is 0 Å². The standard InChI is InChI=1S/K.Na.Nb.3O.H/q+1;;;;;-1;. The fraction of sp³-hybridized carbons (Fsp3) is 0. The molecule has 0 saturated heterocycles. The van der Waals surface area contributed by atoms with E-state index in [4.69, 9.17) is 10.1 Å². The van der Waals surface area contributed by atoms with Gasteiger partial charge in [0, 0.05) is 0 Å². The van der Waals surface area contributed by atoms with E-state index in [1.165, 1.54) is 0 Å². The molecule has 0 radical (unpaired) electrons. The quantitative estimate of drug-likeness (QED) is 0.371. The topological polar surface area (TPSA) is 57.2 Å². The van der Waals surface area contributed by atoms with Crippen molar-refractivity contribution in [3.8, 4) is 0 Å². The van der Waals surface area contributed by atoms with Crippen LogP contribution in [0.25, 0.3) is 0 Å². The predicted octanol–water partition coefficient (Wildman–Crippen LogP) is -5.07. The third-order valence-corrected chi connectivity index (χ3v) is 0. The van der Waals surface area contributed by atoms with E-state index >= 15 is 0 Å². The molecule has 0 heterocycles. The molecule has 3 nitrogen and oxygen atoms in total. The van der Waals surface area contributed by atoms with Crippen LogP contribution in [0, 0.1) is 0 Å². The first kappa shape index (κ1) is 16.0. The van der Waals surface area contributed by atoms with Crippen LogP contribution in [0.15, 0.2) is 0 Å². The molecule has 0 aliphatic heterocycles. The van der Waals surface area contributed by atoms with Crippen LogP contribution < -0.4 is 55.0 Å². The zero-order valence-corrected chi connectivity index (χ0v) is 7.99. The first-order chi connectivity index (χ1) is 1.73. The van der Waals surface area contributed by atoms with Gasteiger partial charge < -0.3 is 0 Å². The van der Waals surface area contributed by atoms with Gasteiger partial charge >= 0.3 is 110 Å². The summed E-state index contributed by atoms with van der Waals surface area (Å²) < 4.78 is 25.8. The summed E-state index contributed by atoms with van der Waals surface area (Å²) in [6.07, 6.45) is 0. The molecule has 0 unspecified atom stereocenters. The van der Waals surface area contributed by atoms with Gasteiger partial charge in [-0.25, -0.2) is 0 Å². The molecule has 0 bridgehead atoms. The minimum absolute atomic E-state index is 0. The minimum atomic E-state index is -4.20. The Labute approximate surface area is 107 Å². The molecule has 26 valence electrons. The molecule has 0 saturated carbocycles. The predicted molar refractivity (Wildman–Crippen MR) is 8.52 cm³/mol. The fourth-order valence-electron chi connectivity index (χ4n) is 0. The fourth-order valence-corrected chi connectivity index (χ4v) is 0. The van der Waals surface area contributed by atoms with E-state index in [1.54, 1.807) is 0 Å². The van der Waals surface area contributed by atoms with Crippen LogP contribution in [-0.2, 0) is 25.3 Å². The molecule has 0 aromatic rings. The maximum atomic E-state index is 8.60. The Morgan fingerprint density at radius 1 is 1.33 bits per heavy atom. The molecule has 0 aromatic heterocycles. The Morgan fingerprint density at radius 2 is 1.33 bits per heavy atom. The number of hydrogen-bond acceptors (Lipinski definition) is 3. The summed E-state index contributed by atoms with van der Waals surface area (Å²) in [5, 5.41) is 0. The van der Waals surface area contributed by atoms with Gasteiger partial charge in [-0.3, -0.25) is 0 Å². The van der Waals surface area contributed by atoms with Crippen LogP contribution in [0.3, 0.4) is 0 Å². The molecule has 6 heavy (non-hydrogen) atoms. The summed E-state index contributed by atoms with van der Waals surface area (Å²) >= 11 is -4.20. The first-order valence-corrected chi connectivity index (χ1v) is 3.24. The van der Waals surface area contributed by atoms with Gasteiger partial charge in [0.25, 0.3) is 0 Å². The molecule has 6 heteroatoms. The van der Waals surface area contributed by atoms with E-state index in [2.05, 4.69) is 0 Å². The van der Waals surface area contributed by atoms with Crippen molar-refractivity contribution in [2.24, 2.45) is 0 Å². The Bertz CT molecular complexity index is 59.2. The van der Waals surface area contributed by atoms with Crippen molar-refractivity contribution in [1.82, 2.24) is 0 Å². The molecule has 0 amide bonds. The van der Waals surface area contributed by atoms with Crippen LogP contribution in [0.1, 0.15) is 0 Å². The zero-order chi connectivity index (χ0) is 3.58. The van der Waals surface area contributed by atoms with Crippen LogP contribution >= 0.6 is 0 Å². The molecule has 0 fully saturated rings. The van der Waals surface area contributed by atoms with E-state index in [9.17, 15) is 0 Å². The molecule has 0 aliphatic rings. The third-order valence-electron chi connectivity index (χ3n) is 0. The summed E-state index contributed by atoms with van der Waals surface area (Å²) in [5.41, 5.74) is 0. The Kier molecular flexibility index (Phi) is 28.8. The summed E-state index contributed by atoms with van der Waals surface area (Å²) in [6, 6.07) is 0. The normalized spacial score (nSPS) is 4.17. The van der Waals surface area contributed by atoms with E-state index < -0.39 is 18.8 Å². The molecular formula is HKNaNbO3. The van der Waals surface area contributed by atoms with E-state index in [-0.39, 0.29) is 80.9 Å².